The van der Waals surface area contributed by atoms with Gasteiger partial charge in [0.25, 0.3) is 0 Å². The van der Waals surface area contributed by atoms with E-state index < -0.39 is 11.7 Å². The molecule has 1 N–H and O–H groups in total. The number of carbonyl (C=O) groups excluding carboxylic acids is 2. The first-order chi connectivity index (χ1) is 8.87. The van der Waals surface area contributed by atoms with Crippen molar-refractivity contribution < 1.29 is 18.7 Å². The topological polar surface area (TPSA) is 68.5 Å². The Morgan fingerprint density at radius 3 is 2.68 bits per heavy atom. The van der Waals surface area contributed by atoms with Gasteiger partial charge < -0.3 is 9.15 Å². The van der Waals surface area contributed by atoms with Gasteiger partial charge in [0, 0.05) is 11.1 Å². The summed E-state index contributed by atoms with van der Waals surface area (Å²) in [6.45, 7) is 5.38. The van der Waals surface area contributed by atoms with Crippen LogP contribution < -0.4 is 5.32 Å². The van der Waals surface area contributed by atoms with E-state index in [4.69, 9.17) is 9.15 Å². The molecule has 0 aliphatic heterocycles. The molecule has 1 heterocycles. The maximum Gasteiger partial charge on any atom is 0.412 e. The third kappa shape index (κ3) is 3.34. The Hall–Kier alpha value is -2.30. The van der Waals surface area contributed by atoms with E-state index in [0.717, 1.165) is 5.39 Å². The second-order valence-electron chi connectivity index (χ2n) is 5.15. The fourth-order valence-electron chi connectivity index (χ4n) is 1.62. The molecule has 0 aliphatic rings. The van der Waals surface area contributed by atoms with Crippen molar-refractivity contribution in [2.75, 3.05) is 5.32 Å². The van der Waals surface area contributed by atoms with Crippen LogP contribution in [0.2, 0.25) is 0 Å². The molecule has 0 atom stereocenters. The molecule has 0 saturated heterocycles. The van der Waals surface area contributed by atoms with Gasteiger partial charge in [0.1, 0.15) is 11.2 Å². The second-order valence-corrected chi connectivity index (χ2v) is 5.15. The van der Waals surface area contributed by atoms with Crippen LogP contribution in [0.15, 0.2) is 28.7 Å². The van der Waals surface area contributed by atoms with Gasteiger partial charge in [-0.25, -0.2) is 4.79 Å². The monoisotopic (exact) mass is 261 g/mol. The fraction of sp³-hybridized carbons (Fsp3) is 0.286. The summed E-state index contributed by atoms with van der Waals surface area (Å²) >= 11 is 0. The minimum atomic E-state index is -0.547. The highest BCUT2D eigenvalue weighted by molar-refractivity contribution is 5.91. The predicted molar refractivity (Wildman–Crippen MR) is 71.5 cm³/mol. The number of rotatable bonds is 2. The number of hydrogen-bond donors (Lipinski definition) is 1. The second kappa shape index (κ2) is 4.76. The zero-order chi connectivity index (χ0) is 14.0. The van der Waals surface area contributed by atoms with E-state index in [1.165, 1.54) is 0 Å². The van der Waals surface area contributed by atoms with E-state index in [1.807, 2.05) is 0 Å². The van der Waals surface area contributed by atoms with E-state index >= 15 is 0 Å². The van der Waals surface area contributed by atoms with Crippen LogP contribution >= 0.6 is 0 Å². The molecular weight excluding hydrogens is 246 g/mol. The van der Waals surface area contributed by atoms with Gasteiger partial charge in [-0.2, -0.15) is 0 Å². The molecule has 1 amide bonds. The predicted octanol–water partition coefficient (Wildman–Crippen LogP) is 3.59. The quantitative estimate of drug-likeness (QED) is 0.839. The van der Waals surface area contributed by atoms with Crippen LogP contribution in [0.5, 0.6) is 0 Å². The maximum atomic E-state index is 11.6. The molecule has 0 aliphatic carbocycles. The normalized spacial score (nSPS) is 11.3. The first-order valence-electron chi connectivity index (χ1n) is 5.86. The van der Waals surface area contributed by atoms with Gasteiger partial charge in [-0.3, -0.25) is 10.1 Å². The lowest BCUT2D eigenvalue weighted by Crippen LogP contribution is -2.27. The van der Waals surface area contributed by atoms with Gasteiger partial charge in [0.15, 0.2) is 12.0 Å². The summed E-state index contributed by atoms with van der Waals surface area (Å²) in [4.78, 5) is 22.2. The van der Waals surface area contributed by atoms with E-state index in [1.54, 1.807) is 45.0 Å². The number of ether oxygens (including phenoxy) is 1. The van der Waals surface area contributed by atoms with E-state index in [2.05, 4.69) is 5.32 Å². The molecule has 0 bridgehead atoms. The lowest BCUT2D eigenvalue weighted by molar-refractivity contribution is 0.0636. The molecule has 0 fully saturated rings. The number of hydrogen-bond acceptors (Lipinski definition) is 4. The molecule has 5 nitrogen and oxygen atoms in total. The molecule has 0 spiro atoms. The summed E-state index contributed by atoms with van der Waals surface area (Å²) in [6.07, 6.45) is 0.118. The number of furan rings is 1. The molecule has 2 aromatic rings. The summed E-state index contributed by atoms with van der Waals surface area (Å²) in [5, 5.41) is 3.37. The lowest BCUT2D eigenvalue weighted by Gasteiger charge is -2.19. The number of benzene rings is 1. The van der Waals surface area contributed by atoms with Crippen LogP contribution in [0.4, 0.5) is 10.5 Å². The summed E-state index contributed by atoms with van der Waals surface area (Å²) in [6, 6.07) is 6.71. The molecule has 2 rings (SSSR count). The summed E-state index contributed by atoms with van der Waals surface area (Å²) in [7, 11) is 0. The molecular formula is C14H15NO4. The van der Waals surface area contributed by atoms with Crippen LogP contribution in [0.3, 0.4) is 0 Å². The highest BCUT2D eigenvalue weighted by atomic mass is 16.6. The van der Waals surface area contributed by atoms with Crippen molar-refractivity contribution in [1.29, 1.82) is 0 Å². The zero-order valence-electron chi connectivity index (χ0n) is 11.0. The minimum Gasteiger partial charge on any atom is -0.453 e. The van der Waals surface area contributed by atoms with Crippen LogP contribution in [0.1, 0.15) is 31.3 Å². The fourth-order valence-corrected chi connectivity index (χ4v) is 1.62. The largest absolute Gasteiger partial charge is 0.453 e. The highest BCUT2D eigenvalue weighted by Crippen LogP contribution is 2.22. The molecule has 0 unspecified atom stereocenters. The van der Waals surface area contributed by atoms with Crippen molar-refractivity contribution in [3.05, 3.63) is 30.0 Å². The van der Waals surface area contributed by atoms with E-state index in [0.29, 0.717) is 17.6 Å². The number of aldehydes is 1. The first kappa shape index (κ1) is 13.1. The van der Waals surface area contributed by atoms with Crippen molar-refractivity contribution in [3.63, 3.8) is 0 Å². The zero-order valence-corrected chi connectivity index (χ0v) is 11.0. The van der Waals surface area contributed by atoms with Crippen molar-refractivity contribution in [2.45, 2.75) is 26.4 Å². The van der Waals surface area contributed by atoms with Crippen molar-refractivity contribution in [3.8, 4) is 0 Å². The molecule has 0 radical (unpaired) electrons. The van der Waals surface area contributed by atoms with Gasteiger partial charge in [-0.1, -0.05) is 0 Å². The van der Waals surface area contributed by atoms with Gasteiger partial charge in [-0.05, 0) is 45.0 Å². The molecule has 1 aromatic carbocycles. The molecule has 1 aromatic heterocycles. The van der Waals surface area contributed by atoms with Crippen molar-refractivity contribution >= 4 is 29.0 Å². The lowest BCUT2D eigenvalue weighted by atomic mass is 10.2. The summed E-state index contributed by atoms with van der Waals surface area (Å²) in [5.41, 5.74) is 0.631. The van der Waals surface area contributed by atoms with E-state index in [9.17, 15) is 9.59 Å². The summed E-state index contributed by atoms with van der Waals surface area (Å²) in [5.74, 6) is 0.254. The van der Waals surface area contributed by atoms with Crippen LogP contribution in [-0.2, 0) is 4.74 Å². The third-order valence-corrected chi connectivity index (χ3v) is 2.30. The van der Waals surface area contributed by atoms with Gasteiger partial charge >= 0.3 is 6.09 Å². The summed E-state index contributed by atoms with van der Waals surface area (Å²) < 4.78 is 10.4. The van der Waals surface area contributed by atoms with Gasteiger partial charge in [0.05, 0.1) is 0 Å². The number of nitrogens with one attached hydrogen (secondary N) is 1. The number of amides is 1. The number of fused-ring (bicyclic) bond motifs is 1. The minimum absolute atomic E-state index is 0.254. The Bertz CT molecular complexity index is 622. The van der Waals surface area contributed by atoms with Gasteiger partial charge in [-0.15, -0.1) is 0 Å². The van der Waals surface area contributed by atoms with Crippen LogP contribution in [0.25, 0.3) is 11.0 Å². The Labute approximate surface area is 110 Å². The molecule has 5 heteroatoms. The van der Waals surface area contributed by atoms with Crippen molar-refractivity contribution in [2.24, 2.45) is 0 Å². The molecule has 0 saturated carbocycles. The Morgan fingerprint density at radius 1 is 1.32 bits per heavy atom. The van der Waals surface area contributed by atoms with Crippen LogP contribution in [-0.4, -0.2) is 18.0 Å². The Kier molecular flexibility index (Phi) is 3.29. The SMILES string of the molecule is CC(C)(C)OC(=O)Nc1ccc2oc(C=O)cc2c1. The molecule has 19 heavy (non-hydrogen) atoms. The average molecular weight is 261 g/mol. The van der Waals surface area contributed by atoms with Crippen molar-refractivity contribution in [1.82, 2.24) is 0 Å². The number of carbonyl (C=O) groups is 2. The molecule has 100 valence electrons. The standard InChI is InChI=1S/C14H15NO4/c1-14(2,3)19-13(17)15-10-4-5-12-9(6-10)7-11(8-16)18-12/h4-8H,1-3H3,(H,15,17). The highest BCUT2D eigenvalue weighted by Gasteiger charge is 2.16. The smallest absolute Gasteiger partial charge is 0.412 e. The van der Waals surface area contributed by atoms with E-state index in [-0.39, 0.29) is 5.76 Å². The first-order valence-corrected chi connectivity index (χ1v) is 5.86. The maximum absolute atomic E-state index is 11.6. The van der Waals surface area contributed by atoms with Crippen LogP contribution in [0, 0.1) is 0 Å². The average Bonchev–Trinajstić information content (AvgIpc) is 2.68. The van der Waals surface area contributed by atoms with Gasteiger partial charge in [0.2, 0.25) is 0 Å². The Morgan fingerprint density at radius 2 is 2.05 bits per heavy atom. The Balaban J connectivity index is 2.17. The number of anilines is 1. The third-order valence-electron chi connectivity index (χ3n) is 2.30.